The molecule has 2 aliphatic rings. The first-order valence-corrected chi connectivity index (χ1v) is 9.68. The quantitative estimate of drug-likeness (QED) is 0.241. The van der Waals surface area contributed by atoms with Crippen molar-refractivity contribution in [2.45, 2.75) is 68.3 Å². The molecule has 0 radical (unpaired) electrons. The van der Waals surface area contributed by atoms with Gasteiger partial charge in [0.15, 0.2) is 17.8 Å². The highest BCUT2D eigenvalue weighted by Gasteiger charge is 2.47. The summed E-state index contributed by atoms with van der Waals surface area (Å²) in [5.41, 5.74) is 0. The van der Waals surface area contributed by atoms with E-state index in [1.807, 2.05) is 0 Å². The van der Waals surface area contributed by atoms with E-state index in [1.54, 1.807) is 0 Å². The molecular formula is C19H28O12. The van der Waals surface area contributed by atoms with Gasteiger partial charge in [0.1, 0.15) is 48.5 Å². The van der Waals surface area contributed by atoms with Crippen LogP contribution in [-0.2, 0) is 14.2 Å². The van der Waals surface area contributed by atoms with E-state index in [9.17, 15) is 35.7 Å². The Labute approximate surface area is 177 Å². The monoisotopic (exact) mass is 448 g/mol. The van der Waals surface area contributed by atoms with Crippen molar-refractivity contribution in [2.75, 3.05) is 13.7 Å². The lowest BCUT2D eigenvalue weighted by Crippen LogP contribution is -2.61. The summed E-state index contributed by atoms with van der Waals surface area (Å²) in [5.74, 6) is 0.134. The number of aromatic hydroxyl groups is 1. The lowest BCUT2D eigenvalue weighted by atomic mass is 9.98. The third-order valence-corrected chi connectivity index (χ3v) is 5.31. The second-order valence-corrected chi connectivity index (χ2v) is 7.48. The van der Waals surface area contributed by atoms with E-state index >= 15 is 0 Å². The van der Waals surface area contributed by atoms with Crippen molar-refractivity contribution in [3.05, 3.63) is 18.2 Å². The molecule has 0 spiro atoms. The Morgan fingerprint density at radius 2 is 1.48 bits per heavy atom. The van der Waals surface area contributed by atoms with Crippen LogP contribution in [0.5, 0.6) is 17.2 Å². The first-order valence-electron chi connectivity index (χ1n) is 9.68. The average molecular weight is 448 g/mol. The maximum Gasteiger partial charge on any atom is 0.229 e. The molecule has 2 saturated heterocycles. The second kappa shape index (κ2) is 9.81. The third-order valence-electron chi connectivity index (χ3n) is 5.31. The topological polar surface area (TPSA) is 188 Å². The SMILES string of the molecule is COc1cc(O[C@@H]2O[C@H](CO[C@@H]3O[C@@H](C)[C@H](O)[C@@H](O)[C@H]3O)[C@@H](O)[C@H](O)[C@H]2O)ccc1O. The molecule has 0 bridgehead atoms. The zero-order valence-electron chi connectivity index (χ0n) is 16.9. The van der Waals surface area contributed by atoms with Crippen molar-refractivity contribution in [1.29, 1.82) is 0 Å². The molecule has 0 aromatic heterocycles. The van der Waals surface area contributed by atoms with Crippen LogP contribution in [0.4, 0.5) is 0 Å². The highest BCUT2D eigenvalue weighted by Crippen LogP contribution is 2.32. The number of methoxy groups -OCH3 is 1. The van der Waals surface area contributed by atoms with Crippen LogP contribution >= 0.6 is 0 Å². The number of ether oxygens (including phenoxy) is 5. The Kier molecular flexibility index (Phi) is 7.57. The predicted octanol–water partition coefficient (Wildman–Crippen LogP) is -2.57. The Balaban J connectivity index is 1.66. The molecule has 31 heavy (non-hydrogen) atoms. The van der Waals surface area contributed by atoms with Crippen LogP contribution in [0.2, 0.25) is 0 Å². The highest BCUT2D eigenvalue weighted by atomic mass is 16.7. The zero-order chi connectivity index (χ0) is 22.9. The van der Waals surface area contributed by atoms with E-state index in [4.69, 9.17) is 23.7 Å². The maximum absolute atomic E-state index is 10.2. The van der Waals surface area contributed by atoms with Gasteiger partial charge < -0.3 is 59.4 Å². The van der Waals surface area contributed by atoms with Crippen LogP contribution in [-0.4, -0.2) is 111 Å². The minimum Gasteiger partial charge on any atom is -0.504 e. The standard InChI is InChI=1S/C19H28O12/c1-7-12(21)14(23)16(25)18(29-7)28-6-11-13(22)15(24)17(26)19(31-11)30-8-3-4-9(20)10(5-8)27-2/h3-5,7,11-26H,6H2,1-2H3/t7-,11+,12-,13+,14+,15-,16+,17+,18+,19+/m0/s1. The number of phenolic OH excluding ortho intramolecular Hbond substituents is 1. The first kappa shape index (κ1) is 23.9. The van der Waals surface area contributed by atoms with Crippen molar-refractivity contribution in [1.82, 2.24) is 0 Å². The Morgan fingerprint density at radius 3 is 2.16 bits per heavy atom. The highest BCUT2D eigenvalue weighted by molar-refractivity contribution is 5.44. The minimum atomic E-state index is -1.64. The number of hydrogen-bond acceptors (Lipinski definition) is 12. The lowest BCUT2D eigenvalue weighted by Gasteiger charge is -2.42. The number of hydrogen-bond donors (Lipinski definition) is 7. The molecule has 2 fully saturated rings. The summed E-state index contributed by atoms with van der Waals surface area (Å²) in [6.07, 6.45) is -13.9. The summed E-state index contributed by atoms with van der Waals surface area (Å²) in [5, 5.41) is 69.9. The summed E-state index contributed by atoms with van der Waals surface area (Å²) >= 11 is 0. The molecule has 1 aromatic rings. The molecule has 0 amide bonds. The van der Waals surface area contributed by atoms with Gasteiger partial charge in [0, 0.05) is 6.07 Å². The van der Waals surface area contributed by atoms with E-state index < -0.39 is 68.0 Å². The third kappa shape index (κ3) is 5.03. The van der Waals surface area contributed by atoms with Crippen LogP contribution in [0.25, 0.3) is 0 Å². The fraction of sp³-hybridized carbons (Fsp3) is 0.684. The molecule has 0 unspecified atom stereocenters. The van der Waals surface area contributed by atoms with Gasteiger partial charge in [-0.1, -0.05) is 0 Å². The van der Waals surface area contributed by atoms with Crippen LogP contribution in [0, 0.1) is 0 Å². The Morgan fingerprint density at radius 1 is 0.839 bits per heavy atom. The minimum absolute atomic E-state index is 0.113. The summed E-state index contributed by atoms with van der Waals surface area (Å²) in [4.78, 5) is 0. The largest absolute Gasteiger partial charge is 0.504 e. The molecule has 2 heterocycles. The fourth-order valence-corrected chi connectivity index (χ4v) is 3.36. The Hall–Kier alpha value is -1.74. The fourth-order valence-electron chi connectivity index (χ4n) is 3.36. The van der Waals surface area contributed by atoms with E-state index in [2.05, 4.69) is 0 Å². The molecule has 12 heteroatoms. The first-order chi connectivity index (χ1) is 14.6. The van der Waals surface area contributed by atoms with Crippen molar-refractivity contribution in [2.24, 2.45) is 0 Å². The molecule has 7 N–H and O–H groups in total. The summed E-state index contributed by atoms with van der Waals surface area (Å²) in [7, 11) is 1.34. The summed E-state index contributed by atoms with van der Waals surface area (Å²) < 4.78 is 26.8. The molecule has 1 aromatic carbocycles. The van der Waals surface area contributed by atoms with E-state index in [-0.39, 0.29) is 17.2 Å². The number of aliphatic hydroxyl groups is 6. The van der Waals surface area contributed by atoms with Crippen LogP contribution in [0.1, 0.15) is 6.92 Å². The summed E-state index contributed by atoms with van der Waals surface area (Å²) in [6.45, 7) is 1.08. The number of aliphatic hydroxyl groups excluding tert-OH is 6. The molecule has 3 rings (SSSR count). The number of rotatable bonds is 6. The Bertz CT molecular complexity index is 732. The molecule has 0 saturated carbocycles. The van der Waals surface area contributed by atoms with Gasteiger partial charge in [-0.05, 0) is 19.1 Å². The number of phenols is 1. The van der Waals surface area contributed by atoms with Crippen LogP contribution in [0.15, 0.2) is 18.2 Å². The normalized spacial score (nSPS) is 41.0. The molecular weight excluding hydrogens is 420 g/mol. The lowest BCUT2D eigenvalue weighted by molar-refractivity contribution is -0.318. The van der Waals surface area contributed by atoms with Gasteiger partial charge in [-0.15, -0.1) is 0 Å². The van der Waals surface area contributed by atoms with Gasteiger partial charge in [-0.3, -0.25) is 0 Å². The average Bonchev–Trinajstić information content (AvgIpc) is 2.76. The van der Waals surface area contributed by atoms with Gasteiger partial charge in [0.2, 0.25) is 6.29 Å². The van der Waals surface area contributed by atoms with E-state index in [1.165, 1.54) is 32.2 Å². The zero-order valence-corrected chi connectivity index (χ0v) is 16.9. The van der Waals surface area contributed by atoms with E-state index in [0.29, 0.717) is 0 Å². The van der Waals surface area contributed by atoms with Crippen molar-refractivity contribution >= 4 is 0 Å². The van der Waals surface area contributed by atoms with Crippen LogP contribution < -0.4 is 9.47 Å². The van der Waals surface area contributed by atoms with Crippen LogP contribution in [0.3, 0.4) is 0 Å². The smallest absolute Gasteiger partial charge is 0.229 e. The van der Waals surface area contributed by atoms with Gasteiger partial charge in [-0.2, -0.15) is 0 Å². The molecule has 12 nitrogen and oxygen atoms in total. The predicted molar refractivity (Wildman–Crippen MR) is 100 cm³/mol. The van der Waals surface area contributed by atoms with Gasteiger partial charge in [-0.25, -0.2) is 0 Å². The van der Waals surface area contributed by atoms with E-state index in [0.717, 1.165) is 0 Å². The van der Waals surface area contributed by atoms with Crippen molar-refractivity contribution in [3.8, 4) is 17.2 Å². The maximum atomic E-state index is 10.2. The van der Waals surface area contributed by atoms with Crippen molar-refractivity contribution < 1.29 is 59.4 Å². The van der Waals surface area contributed by atoms with Gasteiger partial charge >= 0.3 is 0 Å². The van der Waals surface area contributed by atoms with Crippen molar-refractivity contribution in [3.63, 3.8) is 0 Å². The summed E-state index contributed by atoms with van der Waals surface area (Å²) in [6, 6.07) is 4.03. The second-order valence-electron chi connectivity index (χ2n) is 7.48. The van der Waals surface area contributed by atoms with Gasteiger partial charge in [0.05, 0.1) is 19.8 Å². The molecule has 10 atom stereocenters. The molecule has 176 valence electrons. The van der Waals surface area contributed by atoms with Gasteiger partial charge in [0.25, 0.3) is 0 Å². The molecule has 0 aliphatic carbocycles. The number of benzene rings is 1. The molecule has 2 aliphatic heterocycles.